The van der Waals surface area contributed by atoms with Gasteiger partial charge in [0.25, 0.3) is 0 Å². The number of ketones is 2. The Kier molecular flexibility index (Phi) is 3.68. The highest BCUT2D eigenvalue weighted by atomic mass is 35.5. The molecule has 3 nitrogen and oxygen atoms in total. The molecule has 0 N–H and O–H groups in total. The number of halogens is 1. The largest absolute Gasteiger partial charge is 0.466 e. The van der Waals surface area contributed by atoms with E-state index in [4.69, 9.17) is 16.0 Å². The van der Waals surface area contributed by atoms with Crippen LogP contribution in [0.2, 0.25) is 4.34 Å². The van der Waals surface area contributed by atoms with Crippen LogP contribution in [-0.2, 0) is 0 Å². The third-order valence-electron chi connectivity index (χ3n) is 2.51. The highest BCUT2D eigenvalue weighted by Crippen LogP contribution is 2.23. The van der Waals surface area contributed by atoms with E-state index in [1.807, 2.05) is 0 Å². The van der Waals surface area contributed by atoms with Gasteiger partial charge in [0.15, 0.2) is 11.6 Å². The molecule has 5 heteroatoms. The highest BCUT2D eigenvalue weighted by molar-refractivity contribution is 7.18. The SMILES string of the molecule is Cc1cc(C(=O)CC(=O)c2ccc(Cl)s2)c(C)o1. The Hall–Kier alpha value is -1.39. The summed E-state index contributed by atoms with van der Waals surface area (Å²) in [7, 11) is 0. The molecule has 0 aliphatic carbocycles. The van der Waals surface area contributed by atoms with E-state index in [1.54, 1.807) is 32.0 Å². The average Bonchev–Trinajstić information content (AvgIpc) is 2.84. The van der Waals surface area contributed by atoms with E-state index in [2.05, 4.69) is 0 Å². The monoisotopic (exact) mass is 282 g/mol. The Balaban J connectivity index is 2.13. The van der Waals surface area contributed by atoms with Gasteiger partial charge in [0.05, 0.1) is 21.2 Å². The lowest BCUT2D eigenvalue weighted by Crippen LogP contribution is -2.07. The molecule has 0 radical (unpaired) electrons. The molecule has 2 heterocycles. The van der Waals surface area contributed by atoms with E-state index in [0.717, 1.165) is 0 Å². The molecule has 0 spiro atoms. The smallest absolute Gasteiger partial charge is 0.180 e. The lowest BCUT2D eigenvalue weighted by molar-refractivity contribution is 0.0896. The number of Topliss-reactive ketones (excluding diaryl/α,β-unsaturated/α-hetero) is 2. The molecule has 2 aromatic heterocycles. The molecule has 0 saturated heterocycles. The van der Waals surface area contributed by atoms with Gasteiger partial charge in [-0.05, 0) is 32.0 Å². The van der Waals surface area contributed by atoms with Crippen LogP contribution >= 0.6 is 22.9 Å². The second-order valence-corrected chi connectivity index (χ2v) is 5.67. The Morgan fingerprint density at radius 1 is 1.28 bits per heavy atom. The van der Waals surface area contributed by atoms with Gasteiger partial charge in [-0.1, -0.05) is 11.6 Å². The van der Waals surface area contributed by atoms with Crippen LogP contribution in [0, 0.1) is 13.8 Å². The number of hydrogen-bond acceptors (Lipinski definition) is 4. The van der Waals surface area contributed by atoms with Crippen molar-refractivity contribution in [3.05, 3.63) is 44.5 Å². The second kappa shape index (κ2) is 5.08. The van der Waals surface area contributed by atoms with Gasteiger partial charge in [-0.15, -0.1) is 11.3 Å². The van der Waals surface area contributed by atoms with E-state index < -0.39 is 0 Å². The van der Waals surface area contributed by atoms with Gasteiger partial charge in [-0.25, -0.2) is 0 Å². The van der Waals surface area contributed by atoms with Crippen molar-refractivity contribution in [2.45, 2.75) is 20.3 Å². The van der Waals surface area contributed by atoms with E-state index in [9.17, 15) is 9.59 Å². The molecule has 18 heavy (non-hydrogen) atoms. The number of aryl methyl sites for hydroxylation is 2. The molecule has 0 aliphatic rings. The van der Waals surface area contributed by atoms with Gasteiger partial charge in [0, 0.05) is 0 Å². The fraction of sp³-hybridized carbons (Fsp3) is 0.231. The Labute approximate surface area is 113 Å². The second-order valence-electron chi connectivity index (χ2n) is 3.95. The molecule has 0 saturated carbocycles. The van der Waals surface area contributed by atoms with Crippen LogP contribution in [-0.4, -0.2) is 11.6 Å². The summed E-state index contributed by atoms with van der Waals surface area (Å²) in [5.41, 5.74) is 0.475. The van der Waals surface area contributed by atoms with E-state index in [1.165, 1.54) is 11.3 Å². The van der Waals surface area contributed by atoms with Crippen molar-refractivity contribution in [3.63, 3.8) is 0 Å². The van der Waals surface area contributed by atoms with Crippen LogP contribution in [0.15, 0.2) is 22.6 Å². The first kappa shape index (κ1) is 13.1. The number of rotatable bonds is 4. The summed E-state index contributed by atoms with van der Waals surface area (Å²) in [6, 6.07) is 4.94. The summed E-state index contributed by atoms with van der Waals surface area (Å²) in [5, 5.41) is 0. The van der Waals surface area contributed by atoms with Crippen LogP contribution in [0.1, 0.15) is 38.0 Å². The quantitative estimate of drug-likeness (QED) is 0.627. The average molecular weight is 283 g/mol. The Bertz CT molecular complexity index is 610. The fourth-order valence-electron chi connectivity index (χ4n) is 1.70. The topological polar surface area (TPSA) is 47.3 Å². The standard InChI is InChI=1S/C13H11ClO3S/c1-7-5-9(8(2)17-7)10(15)6-11(16)12-3-4-13(14)18-12/h3-5H,6H2,1-2H3. The van der Waals surface area contributed by atoms with Crippen molar-refractivity contribution < 1.29 is 14.0 Å². The Morgan fingerprint density at radius 2 is 2.00 bits per heavy atom. The Morgan fingerprint density at radius 3 is 2.50 bits per heavy atom. The van der Waals surface area contributed by atoms with Crippen molar-refractivity contribution in [2.75, 3.05) is 0 Å². The molecular weight excluding hydrogens is 272 g/mol. The summed E-state index contributed by atoms with van der Waals surface area (Å²) in [4.78, 5) is 24.3. The fourth-order valence-corrected chi connectivity index (χ4v) is 2.68. The number of furan rings is 1. The summed E-state index contributed by atoms with van der Waals surface area (Å²) >= 11 is 6.94. The molecule has 2 aromatic rings. The van der Waals surface area contributed by atoms with Crippen LogP contribution < -0.4 is 0 Å². The third kappa shape index (κ3) is 2.71. The van der Waals surface area contributed by atoms with Crippen LogP contribution in [0.4, 0.5) is 0 Å². The maximum absolute atomic E-state index is 12.0. The lowest BCUT2D eigenvalue weighted by Gasteiger charge is -1.97. The molecule has 0 amide bonds. The zero-order valence-corrected chi connectivity index (χ0v) is 11.5. The van der Waals surface area contributed by atoms with Crippen molar-refractivity contribution >= 4 is 34.5 Å². The first-order valence-electron chi connectivity index (χ1n) is 5.36. The molecule has 0 aliphatic heterocycles. The first-order chi connectivity index (χ1) is 8.47. The molecule has 0 atom stereocenters. The van der Waals surface area contributed by atoms with Gasteiger partial charge >= 0.3 is 0 Å². The van der Waals surface area contributed by atoms with Crippen LogP contribution in [0.5, 0.6) is 0 Å². The third-order valence-corrected chi connectivity index (χ3v) is 3.78. The van der Waals surface area contributed by atoms with Crippen molar-refractivity contribution in [1.82, 2.24) is 0 Å². The maximum atomic E-state index is 12.0. The van der Waals surface area contributed by atoms with Crippen LogP contribution in [0.25, 0.3) is 0 Å². The minimum absolute atomic E-state index is 0.156. The van der Waals surface area contributed by atoms with Crippen molar-refractivity contribution in [2.24, 2.45) is 0 Å². The predicted octanol–water partition coefficient (Wildman–Crippen LogP) is 4.07. The van der Waals surface area contributed by atoms with Gasteiger partial charge in [0.1, 0.15) is 11.5 Å². The minimum atomic E-state index is -0.223. The minimum Gasteiger partial charge on any atom is -0.466 e. The maximum Gasteiger partial charge on any atom is 0.180 e. The summed E-state index contributed by atoms with van der Waals surface area (Å²) in [6.07, 6.45) is -0.156. The van der Waals surface area contributed by atoms with E-state index >= 15 is 0 Å². The molecule has 0 unspecified atom stereocenters. The number of carbonyl (C=O) groups excluding carboxylic acids is 2. The van der Waals surface area contributed by atoms with Gasteiger partial charge in [-0.3, -0.25) is 9.59 Å². The number of hydrogen-bond donors (Lipinski definition) is 0. The normalized spacial score (nSPS) is 10.6. The number of thiophene rings is 1. The van der Waals surface area contributed by atoms with E-state index in [-0.39, 0.29) is 18.0 Å². The summed E-state index contributed by atoms with van der Waals surface area (Å²) < 4.78 is 5.82. The molecule has 2 rings (SSSR count). The molecule has 94 valence electrons. The molecular formula is C13H11ClO3S. The summed E-state index contributed by atoms with van der Waals surface area (Å²) in [6.45, 7) is 3.48. The molecule has 0 aromatic carbocycles. The van der Waals surface area contributed by atoms with Crippen molar-refractivity contribution in [1.29, 1.82) is 0 Å². The summed E-state index contributed by atoms with van der Waals surface area (Å²) in [5.74, 6) is 0.783. The zero-order valence-electron chi connectivity index (χ0n) is 9.95. The van der Waals surface area contributed by atoms with E-state index in [0.29, 0.717) is 26.3 Å². The first-order valence-corrected chi connectivity index (χ1v) is 6.55. The van der Waals surface area contributed by atoms with Gasteiger partial charge < -0.3 is 4.42 Å². The predicted molar refractivity (Wildman–Crippen MR) is 70.8 cm³/mol. The lowest BCUT2D eigenvalue weighted by atomic mass is 10.1. The van der Waals surface area contributed by atoms with Gasteiger partial charge in [0.2, 0.25) is 0 Å². The van der Waals surface area contributed by atoms with Crippen LogP contribution in [0.3, 0.4) is 0 Å². The molecule has 0 fully saturated rings. The van der Waals surface area contributed by atoms with Gasteiger partial charge in [-0.2, -0.15) is 0 Å². The highest BCUT2D eigenvalue weighted by Gasteiger charge is 2.19. The molecule has 0 bridgehead atoms. The zero-order chi connectivity index (χ0) is 13.3. The number of carbonyl (C=O) groups is 2. The van der Waals surface area contributed by atoms with Crippen molar-refractivity contribution in [3.8, 4) is 0 Å².